The van der Waals surface area contributed by atoms with Crippen molar-refractivity contribution in [3.8, 4) is 0 Å². The second-order valence-corrected chi connectivity index (χ2v) is 4.95. The Balaban J connectivity index is 2.26. The summed E-state index contributed by atoms with van der Waals surface area (Å²) in [5.41, 5.74) is 7.39. The molecule has 1 aromatic heterocycles. The van der Waals surface area contributed by atoms with Crippen molar-refractivity contribution in [3.63, 3.8) is 0 Å². The molecule has 106 valence electrons. The van der Waals surface area contributed by atoms with E-state index in [1.165, 1.54) is 6.07 Å². The highest BCUT2D eigenvalue weighted by Crippen LogP contribution is 2.24. The molecule has 2 N–H and O–H groups in total. The van der Waals surface area contributed by atoms with E-state index in [1.54, 1.807) is 23.0 Å². The highest BCUT2D eigenvalue weighted by molar-refractivity contribution is 6.30. The van der Waals surface area contributed by atoms with Crippen LogP contribution < -0.4 is 5.73 Å². The average Bonchev–Trinajstić information content (AvgIpc) is 2.88. The highest BCUT2D eigenvalue weighted by atomic mass is 35.5. The molecule has 1 atom stereocenters. The molecule has 0 fully saturated rings. The summed E-state index contributed by atoms with van der Waals surface area (Å²) in [6, 6.07) is 4.55. The Morgan fingerprint density at radius 2 is 2.30 bits per heavy atom. The minimum atomic E-state index is -0.441. The molecule has 0 radical (unpaired) electrons. The summed E-state index contributed by atoms with van der Waals surface area (Å²) in [4.78, 5) is 10.6. The van der Waals surface area contributed by atoms with E-state index >= 15 is 0 Å². The topological polar surface area (TPSA) is 87.0 Å². The van der Waals surface area contributed by atoms with Gasteiger partial charge in [-0.2, -0.15) is 5.10 Å². The monoisotopic (exact) mass is 294 g/mol. The molecule has 1 unspecified atom stereocenters. The molecule has 6 nitrogen and oxygen atoms in total. The number of hydrogen-bond acceptors (Lipinski definition) is 4. The van der Waals surface area contributed by atoms with Crippen LogP contribution in [0, 0.1) is 10.1 Å². The minimum absolute atomic E-state index is 0.00524. The summed E-state index contributed by atoms with van der Waals surface area (Å²) in [5.74, 6) is 0. The van der Waals surface area contributed by atoms with Gasteiger partial charge in [-0.15, -0.1) is 0 Å². The van der Waals surface area contributed by atoms with Gasteiger partial charge in [-0.3, -0.25) is 14.8 Å². The molecule has 0 saturated carbocycles. The molecule has 1 heterocycles. The van der Waals surface area contributed by atoms with Gasteiger partial charge in [0, 0.05) is 28.9 Å². The summed E-state index contributed by atoms with van der Waals surface area (Å²) < 4.78 is 1.64. The first-order valence-corrected chi connectivity index (χ1v) is 6.59. The Bertz CT molecular complexity index is 627. The van der Waals surface area contributed by atoms with Crippen molar-refractivity contribution in [2.45, 2.75) is 25.9 Å². The van der Waals surface area contributed by atoms with E-state index in [-0.39, 0.29) is 11.7 Å². The third-order valence-corrected chi connectivity index (χ3v) is 3.33. The van der Waals surface area contributed by atoms with E-state index < -0.39 is 4.92 Å². The number of nitrogens with two attached hydrogens (primary N) is 1. The first kappa shape index (κ1) is 14.5. The van der Waals surface area contributed by atoms with Crippen LogP contribution in [0.15, 0.2) is 30.6 Å². The van der Waals surface area contributed by atoms with E-state index in [9.17, 15) is 10.1 Å². The van der Waals surface area contributed by atoms with Gasteiger partial charge in [0.2, 0.25) is 0 Å². The summed E-state index contributed by atoms with van der Waals surface area (Å²) in [6.45, 7) is 2.30. The number of nitrogens with zero attached hydrogens (tertiary/aromatic N) is 3. The van der Waals surface area contributed by atoms with E-state index in [0.717, 1.165) is 12.0 Å². The first-order valence-electron chi connectivity index (χ1n) is 6.22. The Hall–Kier alpha value is -1.92. The average molecular weight is 295 g/mol. The minimum Gasteiger partial charge on any atom is -0.324 e. The second-order valence-electron chi connectivity index (χ2n) is 4.52. The van der Waals surface area contributed by atoms with Crippen molar-refractivity contribution in [1.82, 2.24) is 9.78 Å². The maximum absolute atomic E-state index is 11.0. The summed E-state index contributed by atoms with van der Waals surface area (Å²) in [5, 5.41) is 15.5. The zero-order valence-electron chi connectivity index (χ0n) is 11.0. The number of benzene rings is 1. The van der Waals surface area contributed by atoms with Crippen molar-refractivity contribution in [2.24, 2.45) is 5.73 Å². The fourth-order valence-electron chi connectivity index (χ4n) is 1.91. The second kappa shape index (κ2) is 6.02. The Morgan fingerprint density at radius 1 is 1.55 bits per heavy atom. The number of nitro benzene ring substituents is 1. The fraction of sp³-hybridized carbons (Fsp3) is 0.308. The van der Waals surface area contributed by atoms with Gasteiger partial charge >= 0.3 is 0 Å². The number of rotatable bonds is 5. The lowest BCUT2D eigenvalue weighted by Gasteiger charge is -2.05. The van der Waals surface area contributed by atoms with Crippen LogP contribution in [0.2, 0.25) is 5.02 Å². The smallest absolute Gasteiger partial charge is 0.275 e. The van der Waals surface area contributed by atoms with Crippen molar-refractivity contribution < 1.29 is 4.92 Å². The Morgan fingerprint density at radius 3 is 2.95 bits per heavy atom. The Labute approximate surface area is 121 Å². The third kappa shape index (κ3) is 3.15. The first-order chi connectivity index (χ1) is 9.51. The molecule has 20 heavy (non-hydrogen) atoms. The summed E-state index contributed by atoms with van der Waals surface area (Å²) in [7, 11) is 0. The molecule has 0 aliphatic rings. The molecule has 0 aliphatic carbocycles. The van der Waals surface area contributed by atoms with Crippen LogP contribution in [0.25, 0.3) is 0 Å². The zero-order chi connectivity index (χ0) is 14.7. The van der Waals surface area contributed by atoms with Crippen LogP contribution in [0.5, 0.6) is 0 Å². The van der Waals surface area contributed by atoms with Gasteiger partial charge in [-0.1, -0.05) is 18.5 Å². The van der Waals surface area contributed by atoms with E-state index in [2.05, 4.69) is 5.10 Å². The van der Waals surface area contributed by atoms with E-state index in [1.807, 2.05) is 13.1 Å². The molecule has 1 aromatic carbocycles. The molecule has 2 rings (SSSR count). The van der Waals surface area contributed by atoms with Gasteiger partial charge in [-0.25, -0.2) is 0 Å². The molecule has 0 bridgehead atoms. The molecule has 0 aliphatic heterocycles. The highest BCUT2D eigenvalue weighted by Gasteiger charge is 2.15. The SMILES string of the molecule is CCC(N)c1cnn(Cc2ccc(Cl)cc2[N+](=O)[O-])c1. The number of aromatic nitrogens is 2. The van der Waals surface area contributed by atoms with Crippen LogP contribution in [-0.4, -0.2) is 14.7 Å². The molecule has 0 amide bonds. The Kier molecular flexibility index (Phi) is 4.36. The van der Waals surface area contributed by atoms with Gasteiger partial charge in [0.25, 0.3) is 5.69 Å². The molecule has 2 aromatic rings. The van der Waals surface area contributed by atoms with Crippen LogP contribution in [0.1, 0.15) is 30.5 Å². The summed E-state index contributed by atoms with van der Waals surface area (Å²) >= 11 is 5.78. The number of halogens is 1. The predicted octanol–water partition coefficient (Wildman–Crippen LogP) is 2.90. The molecule has 0 saturated heterocycles. The quantitative estimate of drug-likeness (QED) is 0.678. The van der Waals surface area contributed by atoms with Crippen molar-refractivity contribution in [2.75, 3.05) is 0 Å². The van der Waals surface area contributed by atoms with Crippen molar-refractivity contribution in [3.05, 3.63) is 56.9 Å². The third-order valence-electron chi connectivity index (χ3n) is 3.10. The summed E-state index contributed by atoms with van der Waals surface area (Å²) in [6.07, 6.45) is 4.31. The van der Waals surface area contributed by atoms with Gasteiger partial charge in [0.15, 0.2) is 0 Å². The maximum atomic E-state index is 11.0. The van der Waals surface area contributed by atoms with E-state index in [0.29, 0.717) is 17.1 Å². The van der Waals surface area contributed by atoms with Crippen molar-refractivity contribution in [1.29, 1.82) is 0 Å². The van der Waals surface area contributed by atoms with Crippen LogP contribution in [0.3, 0.4) is 0 Å². The lowest BCUT2D eigenvalue weighted by Crippen LogP contribution is -2.08. The zero-order valence-corrected chi connectivity index (χ0v) is 11.7. The molecular formula is C13H15ClN4O2. The lowest BCUT2D eigenvalue weighted by atomic mass is 10.1. The van der Waals surface area contributed by atoms with Crippen LogP contribution in [-0.2, 0) is 6.54 Å². The normalized spacial score (nSPS) is 12.3. The number of hydrogen-bond donors (Lipinski definition) is 1. The van der Waals surface area contributed by atoms with Crippen molar-refractivity contribution >= 4 is 17.3 Å². The van der Waals surface area contributed by atoms with Gasteiger partial charge in [0.1, 0.15) is 0 Å². The van der Waals surface area contributed by atoms with Gasteiger partial charge < -0.3 is 5.73 Å². The van der Waals surface area contributed by atoms with Gasteiger partial charge in [0.05, 0.1) is 23.2 Å². The van der Waals surface area contributed by atoms with Crippen LogP contribution in [0.4, 0.5) is 5.69 Å². The molecule has 7 heteroatoms. The van der Waals surface area contributed by atoms with Gasteiger partial charge in [-0.05, 0) is 18.6 Å². The number of nitro groups is 1. The predicted molar refractivity (Wildman–Crippen MR) is 76.7 cm³/mol. The standard InChI is InChI=1S/C13H15ClN4O2/c1-2-12(15)10-6-16-17(8-10)7-9-3-4-11(14)5-13(9)18(19)20/h3-6,8,12H,2,7,15H2,1H3. The fourth-order valence-corrected chi connectivity index (χ4v) is 2.07. The molecular weight excluding hydrogens is 280 g/mol. The lowest BCUT2D eigenvalue weighted by molar-refractivity contribution is -0.385. The van der Waals surface area contributed by atoms with E-state index in [4.69, 9.17) is 17.3 Å². The maximum Gasteiger partial charge on any atom is 0.275 e. The van der Waals surface area contributed by atoms with Crippen LogP contribution >= 0.6 is 11.6 Å². The molecule has 0 spiro atoms. The largest absolute Gasteiger partial charge is 0.324 e.